The highest BCUT2D eigenvalue weighted by atomic mass is 15.4. The van der Waals surface area contributed by atoms with Gasteiger partial charge in [-0.05, 0) is 19.1 Å². The maximum Gasteiger partial charge on any atom is 0.254 e. The predicted molar refractivity (Wildman–Crippen MR) is 90.7 cm³/mol. The van der Waals surface area contributed by atoms with E-state index in [0.29, 0.717) is 11.8 Å². The maximum atomic E-state index is 4.54. The summed E-state index contributed by atoms with van der Waals surface area (Å²) >= 11 is 0. The van der Waals surface area contributed by atoms with Crippen molar-refractivity contribution in [2.45, 2.75) is 13.0 Å². The van der Waals surface area contributed by atoms with E-state index >= 15 is 0 Å². The quantitative estimate of drug-likeness (QED) is 0.524. The lowest BCUT2D eigenvalue weighted by atomic mass is 10.1. The zero-order valence-electron chi connectivity index (χ0n) is 13.9. The molecule has 0 aromatic carbocycles. The van der Waals surface area contributed by atoms with Crippen LogP contribution in [0.4, 0.5) is 11.6 Å². The number of rotatable bonds is 3. The summed E-state index contributed by atoms with van der Waals surface area (Å²) in [6.07, 6.45) is 3.15. The van der Waals surface area contributed by atoms with E-state index in [-0.39, 0.29) is 0 Å². The Hall–Kier alpha value is -3.30. The highest BCUT2D eigenvalue weighted by Gasteiger charge is 2.32. The van der Waals surface area contributed by atoms with Gasteiger partial charge in [0.25, 0.3) is 5.78 Å². The first-order valence-electron chi connectivity index (χ1n) is 8.01. The first-order valence-corrected chi connectivity index (χ1v) is 8.01. The van der Waals surface area contributed by atoms with Gasteiger partial charge < -0.3 is 9.80 Å². The van der Waals surface area contributed by atoms with Crippen LogP contribution in [0.2, 0.25) is 0 Å². The van der Waals surface area contributed by atoms with E-state index in [4.69, 9.17) is 0 Å². The lowest BCUT2D eigenvalue weighted by Gasteiger charge is -2.45. The van der Waals surface area contributed by atoms with Crippen molar-refractivity contribution >= 4 is 23.1 Å². The van der Waals surface area contributed by atoms with Crippen molar-refractivity contribution < 1.29 is 0 Å². The van der Waals surface area contributed by atoms with E-state index in [0.717, 1.165) is 36.1 Å². The summed E-state index contributed by atoms with van der Waals surface area (Å²) in [5.41, 5.74) is 1.68. The molecule has 0 N–H and O–H groups in total. The Morgan fingerprint density at radius 3 is 3.00 bits per heavy atom. The van der Waals surface area contributed by atoms with Gasteiger partial charge in [-0.2, -0.15) is 19.1 Å². The van der Waals surface area contributed by atoms with Crippen molar-refractivity contribution in [2.75, 3.05) is 29.9 Å². The molecule has 5 rings (SSSR count). The van der Waals surface area contributed by atoms with Gasteiger partial charge in [0.2, 0.25) is 0 Å². The molecule has 1 fully saturated rings. The molecule has 5 heterocycles. The van der Waals surface area contributed by atoms with Crippen LogP contribution in [-0.4, -0.2) is 65.6 Å². The zero-order chi connectivity index (χ0) is 17.0. The Bertz CT molecular complexity index is 1060. The largest absolute Gasteiger partial charge is 0.353 e. The normalized spacial score (nSPS) is 15.0. The van der Waals surface area contributed by atoms with Crippen LogP contribution in [0.25, 0.3) is 11.4 Å². The number of hydrogen-bond acceptors (Lipinski definition) is 8. The maximum absolute atomic E-state index is 4.54. The average Bonchev–Trinajstić information content (AvgIpc) is 3.20. The second-order valence-corrected chi connectivity index (χ2v) is 6.22. The zero-order valence-corrected chi connectivity index (χ0v) is 13.9. The molecule has 0 bridgehead atoms. The number of nitrogens with zero attached hydrogens (tertiary/aromatic N) is 10. The minimum Gasteiger partial charge on any atom is -0.353 e. The van der Waals surface area contributed by atoms with Crippen molar-refractivity contribution in [3.8, 4) is 0 Å². The van der Waals surface area contributed by atoms with Crippen molar-refractivity contribution in [1.29, 1.82) is 0 Å². The van der Waals surface area contributed by atoms with E-state index in [1.807, 2.05) is 25.1 Å². The van der Waals surface area contributed by atoms with Gasteiger partial charge in [0.1, 0.15) is 24.3 Å². The molecule has 10 heteroatoms. The van der Waals surface area contributed by atoms with Gasteiger partial charge >= 0.3 is 0 Å². The summed E-state index contributed by atoms with van der Waals surface area (Å²) in [5, 5.41) is 16.7. The van der Waals surface area contributed by atoms with Crippen LogP contribution in [0.3, 0.4) is 0 Å². The Morgan fingerprint density at radius 2 is 2.12 bits per heavy atom. The van der Waals surface area contributed by atoms with Gasteiger partial charge in [-0.15, -0.1) is 15.3 Å². The van der Waals surface area contributed by atoms with Gasteiger partial charge in [-0.25, -0.2) is 4.98 Å². The van der Waals surface area contributed by atoms with E-state index in [1.54, 1.807) is 15.4 Å². The van der Waals surface area contributed by atoms with Crippen LogP contribution in [0, 0.1) is 6.92 Å². The molecule has 1 aliphatic rings. The number of aryl methyl sites for hydroxylation is 1. The minimum absolute atomic E-state index is 0.368. The average molecular weight is 336 g/mol. The molecule has 0 radical (unpaired) electrons. The van der Waals surface area contributed by atoms with Crippen LogP contribution in [-0.2, 0) is 0 Å². The summed E-state index contributed by atoms with van der Waals surface area (Å²) in [6.45, 7) is 3.74. The fourth-order valence-electron chi connectivity index (χ4n) is 3.12. The van der Waals surface area contributed by atoms with Crippen LogP contribution in [0.1, 0.15) is 5.69 Å². The van der Waals surface area contributed by atoms with Crippen LogP contribution in [0.15, 0.2) is 30.9 Å². The molecule has 1 aliphatic heterocycles. The molecule has 1 saturated heterocycles. The van der Waals surface area contributed by atoms with Gasteiger partial charge in [0.15, 0.2) is 5.65 Å². The Balaban J connectivity index is 1.38. The van der Waals surface area contributed by atoms with E-state index in [1.165, 1.54) is 6.33 Å². The fraction of sp³-hybridized carbons (Fsp3) is 0.333. The molecular weight excluding hydrogens is 320 g/mol. The van der Waals surface area contributed by atoms with Gasteiger partial charge in [0.05, 0.1) is 6.04 Å². The first kappa shape index (κ1) is 14.1. The Morgan fingerprint density at radius 1 is 1.24 bits per heavy atom. The highest BCUT2D eigenvalue weighted by molar-refractivity contribution is 5.52. The summed E-state index contributed by atoms with van der Waals surface area (Å²) in [5.74, 6) is 2.54. The molecule has 0 aliphatic carbocycles. The standard InChI is InChI=1S/C15H16N10/c1-10-5-14(25-15(19-10)16-8-18-25)22(2)11-6-23(7-11)13-4-3-12-20-17-9-24(12)21-13/h3-5,8-9,11H,6-7H2,1-2H3. The van der Waals surface area contributed by atoms with E-state index in [2.05, 4.69) is 47.2 Å². The number of fused-ring (bicyclic) bond motifs is 2. The third kappa shape index (κ3) is 2.17. The lowest BCUT2D eigenvalue weighted by Crippen LogP contribution is -2.59. The van der Waals surface area contributed by atoms with Crippen molar-refractivity contribution in [1.82, 2.24) is 39.4 Å². The molecule has 126 valence electrons. The fourth-order valence-corrected chi connectivity index (χ4v) is 3.12. The second-order valence-electron chi connectivity index (χ2n) is 6.22. The summed E-state index contributed by atoms with van der Waals surface area (Å²) in [6, 6.07) is 6.31. The van der Waals surface area contributed by atoms with E-state index in [9.17, 15) is 0 Å². The molecule has 0 unspecified atom stereocenters. The third-order valence-electron chi connectivity index (χ3n) is 4.60. The van der Waals surface area contributed by atoms with E-state index < -0.39 is 0 Å². The molecule has 0 atom stereocenters. The van der Waals surface area contributed by atoms with Crippen LogP contribution >= 0.6 is 0 Å². The van der Waals surface area contributed by atoms with Crippen LogP contribution in [0.5, 0.6) is 0 Å². The summed E-state index contributed by atoms with van der Waals surface area (Å²) in [7, 11) is 2.08. The molecule has 10 nitrogen and oxygen atoms in total. The van der Waals surface area contributed by atoms with Gasteiger partial charge in [0, 0.05) is 31.9 Å². The Kier molecular flexibility index (Phi) is 2.87. The summed E-state index contributed by atoms with van der Waals surface area (Å²) < 4.78 is 3.47. The minimum atomic E-state index is 0.368. The van der Waals surface area contributed by atoms with Gasteiger partial charge in [-0.1, -0.05) is 0 Å². The number of likely N-dealkylation sites (N-methyl/N-ethyl adjacent to an activating group) is 1. The van der Waals surface area contributed by atoms with Crippen LogP contribution < -0.4 is 9.80 Å². The second kappa shape index (κ2) is 5.10. The molecule has 0 spiro atoms. The van der Waals surface area contributed by atoms with Crippen molar-refractivity contribution in [2.24, 2.45) is 0 Å². The predicted octanol–water partition coefficient (Wildman–Crippen LogP) is 0.195. The highest BCUT2D eigenvalue weighted by Crippen LogP contribution is 2.25. The third-order valence-corrected chi connectivity index (χ3v) is 4.60. The summed E-state index contributed by atoms with van der Waals surface area (Å²) in [4.78, 5) is 13.0. The SMILES string of the molecule is Cc1cc(N(C)C2CN(c3ccc4nncn4n3)C2)n2ncnc2n1. The molecule has 0 saturated carbocycles. The van der Waals surface area contributed by atoms with Gasteiger partial charge in [-0.3, -0.25) is 0 Å². The number of anilines is 2. The smallest absolute Gasteiger partial charge is 0.254 e. The first-order chi connectivity index (χ1) is 12.2. The monoisotopic (exact) mass is 336 g/mol. The topological polar surface area (TPSA) is 92.6 Å². The molecule has 4 aromatic heterocycles. The lowest BCUT2D eigenvalue weighted by molar-refractivity contribution is 0.484. The van der Waals surface area contributed by atoms with Crippen molar-refractivity contribution in [3.05, 3.63) is 36.5 Å². The molecule has 25 heavy (non-hydrogen) atoms. The molecule has 0 amide bonds. The Labute approximate surface area is 142 Å². The number of hydrogen-bond donors (Lipinski definition) is 0. The van der Waals surface area contributed by atoms with Crippen molar-refractivity contribution in [3.63, 3.8) is 0 Å². The molecular formula is C15H16N10. The number of aromatic nitrogens is 8. The molecule has 4 aromatic rings.